The Labute approximate surface area is 126 Å². The van der Waals surface area contributed by atoms with Crippen molar-refractivity contribution in [2.45, 2.75) is 6.61 Å². The second-order valence-electron chi connectivity index (χ2n) is 3.94. The molecular weight excluding hydrogens is 355 g/mol. The Bertz CT molecular complexity index is 533. The SMILES string of the molecule is COc1cc(COc2ccccc2I)cc(OC)c1. The molecule has 0 aliphatic carbocycles. The van der Waals surface area contributed by atoms with Crippen molar-refractivity contribution in [1.82, 2.24) is 0 Å². The molecule has 0 aliphatic rings. The zero-order chi connectivity index (χ0) is 13.7. The summed E-state index contributed by atoms with van der Waals surface area (Å²) in [6, 6.07) is 13.7. The van der Waals surface area contributed by atoms with Crippen molar-refractivity contribution in [2.24, 2.45) is 0 Å². The minimum Gasteiger partial charge on any atom is -0.497 e. The third-order valence-corrected chi connectivity index (χ3v) is 3.53. The van der Waals surface area contributed by atoms with Gasteiger partial charge in [0.15, 0.2) is 0 Å². The molecule has 0 heterocycles. The number of para-hydroxylation sites is 1. The molecule has 0 radical (unpaired) electrons. The first kappa shape index (κ1) is 14.0. The molecule has 0 N–H and O–H groups in total. The Balaban J connectivity index is 2.13. The molecule has 0 atom stereocenters. The lowest BCUT2D eigenvalue weighted by Crippen LogP contribution is -1.98. The summed E-state index contributed by atoms with van der Waals surface area (Å²) in [5.41, 5.74) is 1.01. The topological polar surface area (TPSA) is 27.7 Å². The predicted octanol–water partition coefficient (Wildman–Crippen LogP) is 3.89. The number of hydrogen-bond acceptors (Lipinski definition) is 3. The summed E-state index contributed by atoms with van der Waals surface area (Å²) in [4.78, 5) is 0. The van der Waals surface area contributed by atoms with E-state index < -0.39 is 0 Å². The number of halogens is 1. The van der Waals surface area contributed by atoms with Crippen molar-refractivity contribution in [2.75, 3.05) is 14.2 Å². The van der Waals surface area contributed by atoms with Crippen LogP contribution in [0.4, 0.5) is 0 Å². The molecule has 0 aliphatic heterocycles. The third kappa shape index (κ3) is 3.76. The van der Waals surface area contributed by atoms with E-state index in [1.807, 2.05) is 42.5 Å². The highest BCUT2D eigenvalue weighted by Gasteiger charge is 2.04. The highest BCUT2D eigenvalue weighted by Crippen LogP contribution is 2.25. The third-order valence-electron chi connectivity index (χ3n) is 2.64. The average molecular weight is 370 g/mol. The van der Waals surface area contributed by atoms with Gasteiger partial charge in [-0.1, -0.05) is 12.1 Å². The fourth-order valence-corrected chi connectivity index (χ4v) is 2.22. The zero-order valence-corrected chi connectivity index (χ0v) is 13.0. The lowest BCUT2D eigenvalue weighted by atomic mass is 10.2. The zero-order valence-electron chi connectivity index (χ0n) is 10.9. The van der Waals surface area contributed by atoms with Crippen LogP contribution in [-0.2, 0) is 6.61 Å². The Morgan fingerprint density at radius 2 is 1.58 bits per heavy atom. The molecule has 2 rings (SSSR count). The molecule has 0 saturated heterocycles. The molecule has 4 heteroatoms. The normalized spacial score (nSPS) is 10.1. The van der Waals surface area contributed by atoms with Gasteiger partial charge in [0, 0.05) is 6.07 Å². The lowest BCUT2D eigenvalue weighted by molar-refractivity contribution is 0.301. The maximum atomic E-state index is 5.80. The monoisotopic (exact) mass is 370 g/mol. The number of hydrogen-bond donors (Lipinski definition) is 0. The van der Waals surface area contributed by atoms with Crippen molar-refractivity contribution in [1.29, 1.82) is 0 Å². The summed E-state index contributed by atoms with van der Waals surface area (Å²) < 4.78 is 17.4. The number of ether oxygens (including phenoxy) is 3. The molecule has 0 amide bonds. The fourth-order valence-electron chi connectivity index (χ4n) is 1.67. The second kappa shape index (κ2) is 6.65. The summed E-state index contributed by atoms with van der Waals surface area (Å²) >= 11 is 2.26. The van der Waals surface area contributed by atoms with Gasteiger partial charge in [-0.2, -0.15) is 0 Å². The molecule has 0 unspecified atom stereocenters. The highest BCUT2D eigenvalue weighted by atomic mass is 127. The van der Waals surface area contributed by atoms with Crippen molar-refractivity contribution in [3.63, 3.8) is 0 Å². The van der Waals surface area contributed by atoms with Gasteiger partial charge in [0.25, 0.3) is 0 Å². The van der Waals surface area contributed by atoms with E-state index in [-0.39, 0.29) is 0 Å². The Kier molecular flexibility index (Phi) is 4.90. The molecule has 19 heavy (non-hydrogen) atoms. The summed E-state index contributed by atoms with van der Waals surface area (Å²) in [5, 5.41) is 0. The van der Waals surface area contributed by atoms with Crippen LogP contribution in [0.1, 0.15) is 5.56 Å². The van der Waals surface area contributed by atoms with Gasteiger partial charge in [-0.25, -0.2) is 0 Å². The molecule has 0 spiro atoms. The van der Waals surface area contributed by atoms with Crippen molar-refractivity contribution in [3.05, 3.63) is 51.6 Å². The van der Waals surface area contributed by atoms with Crippen LogP contribution in [0.15, 0.2) is 42.5 Å². The average Bonchev–Trinajstić information content (AvgIpc) is 2.46. The van der Waals surface area contributed by atoms with E-state index in [1.54, 1.807) is 14.2 Å². The minimum atomic E-state index is 0.480. The van der Waals surface area contributed by atoms with Crippen LogP contribution in [-0.4, -0.2) is 14.2 Å². The maximum absolute atomic E-state index is 5.80. The van der Waals surface area contributed by atoms with Crippen LogP contribution in [0.5, 0.6) is 17.2 Å². The largest absolute Gasteiger partial charge is 0.497 e. The van der Waals surface area contributed by atoms with Crippen LogP contribution < -0.4 is 14.2 Å². The van der Waals surface area contributed by atoms with Gasteiger partial charge in [0.2, 0.25) is 0 Å². The van der Waals surface area contributed by atoms with Gasteiger partial charge in [0.05, 0.1) is 17.8 Å². The molecule has 0 aromatic heterocycles. The number of benzene rings is 2. The fraction of sp³-hybridized carbons (Fsp3) is 0.200. The van der Waals surface area contributed by atoms with Crippen molar-refractivity contribution >= 4 is 22.6 Å². The van der Waals surface area contributed by atoms with Gasteiger partial charge in [-0.15, -0.1) is 0 Å². The van der Waals surface area contributed by atoms with Crippen LogP contribution in [0.25, 0.3) is 0 Å². The van der Waals surface area contributed by atoms with E-state index >= 15 is 0 Å². The van der Waals surface area contributed by atoms with Crippen molar-refractivity contribution in [3.8, 4) is 17.2 Å². The standard InChI is InChI=1S/C15H15IO3/c1-17-12-7-11(8-13(9-12)18-2)10-19-15-6-4-3-5-14(15)16/h3-9H,10H2,1-2H3. The molecule has 0 saturated carbocycles. The molecule has 0 bridgehead atoms. The first-order valence-corrected chi connectivity index (χ1v) is 6.90. The predicted molar refractivity (Wildman–Crippen MR) is 83.0 cm³/mol. The van der Waals surface area contributed by atoms with E-state index in [9.17, 15) is 0 Å². The summed E-state index contributed by atoms with van der Waals surface area (Å²) in [5.74, 6) is 2.41. The smallest absolute Gasteiger partial charge is 0.133 e. The Morgan fingerprint density at radius 1 is 0.947 bits per heavy atom. The summed E-state index contributed by atoms with van der Waals surface area (Å²) in [6.07, 6.45) is 0. The van der Waals surface area contributed by atoms with Gasteiger partial charge in [0.1, 0.15) is 23.9 Å². The van der Waals surface area contributed by atoms with Gasteiger partial charge >= 0.3 is 0 Å². The lowest BCUT2D eigenvalue weighted by Gasteiger charge is -2.11. The number of rotatable bonds is 5. The molecule has 2 aromatic carbocycles. The summed E-state index contributed by atoms with van der Waals surface area (Å²) in [7, 11) is 3.28. The van der Waals surface area contributed by atoms with E-state index in [4.69, 9.17) is 14.2 Å². The van der Waals surface area contributed by atoms with E-state index in [1.165, 1.54) is 0 Å². The molecular formula is C15H15IO3. The van der Waals surface area contributed by atoms with Crippen LogP contribution in [0, 0.1) is 3.57 Å². The Hall–Kier alpha value is -1.43. The second-order valence-corrected chi connectivity index (χ2v) is 5.10. The van der Waals surface area contributed by atoms with E-state index in [2.05, 4.69) is 22.6 Å². The van der Waals surface area contributed by atoms with Crippen LogP contribution in [0.3, 0.4) is 0 Å². The molecule has 2 aromatic rings. The molecule has 100 valence electrons. The first-order chi connectivity index (χ1) is 9.22. The Morgan fingerprint density at radius 3 is 2.16 bits per heavy atom. The van der Waals surface area contributed by atoms with E-state index in [0.717, 1.165) is 26.4 Å². The van der Waals surface area contributed by atoms with Crippen LogP contribution >= 0.6 is 22.6 Å². The van der Waals surface area contributed by atoms with Gasteiger partial charge in [-0.05, 0) is 52.4 Å². The van der Waals surface area contributed by atoms with Crippen LogP contribution in [0.2, 0.25) is 0 Å². The summed E-state index contributed by atoms with van der Waals surface area (Å²) in [6.45, 7) is 0.480. The highest BCUT2D eigenvalue weighted by molar-refractivity contribution is 14.1. The quantitative estimate of drug-likeness (QED) is 0.748. The van der Waals surface area contributed by atoms with Gasteiger partial charge in [-0.3, -0.25) is 0 Å². The van der Waals surface area contributed by atoms with Crippen molar-refractivity contribution < 1.29 is 14.2 Å². The number of methoxy groups -OCH3 is 2. The minimum absolute atomic E-state index is 0.480. The van der Waals surface area contributed by atoms with Gasteiger partial charge < -0.3 is 14.2 Å². The molecule has 3 nitrogen and oxygen atoms in total. The molecule has 0 fully saturated rings. The first-order valence-electron chi connectivity index (χ1n) is 5.82. The van der Waals surface area contributed by atoms with E-state index in [0.29, 0.717) is 6.61 Å². The maximum Gasteiger partial charge on any atom is 0.133 e.